The van der Waals surface area contributed by atoms with E-state index in [1.54, 1.807) is 0 Å². The van der Waals surface area contributed by atoms with Crippen molar-refractivity contribution in [2.45, 2.75) is 6.18 Å². The van der Waals surface area contributed by atoms with Crippen LogP contribution in [0.5, 0.6) is 11.5 Å². The molecule has 108 valence electrons. The van der Waals surface area contributed by atoms with Crippen molar-refractivity contribution in [2.24, 2.45) is 5.92 Å². The van der Waals surface area contributed by atoms with Crippen LogP contribution in [-0.4, -0.2) is 24.8 Å². The van der Waals surface area contributed by atoms with Crippen molar-refractivity contribution in [1.82, 2.24) is 0 Å². The SMILES string of the molecule is COc1ccc(OCC(C#N)C(F)(F)F)c([N+](=O)[O-])c1. The van der Waals surface area contributed by atoms with Crippen molar-refractivity contribution < 1.29 is 27.6 Å². The normalized spacial score (nSPS) is 12.3. The Bertz CT molecular complexity index is 539. The smallest absolute Gasteiger partial charge is 0.407 e. The topological polar surface area (TPSA) is 85.4 Å². The second-order valence-corrected chi connectivity index (χ2v) is 3.63. The molecule has 0 N–H and O–H groups in total. The van der Waals surface area contributed by atoms with E-state index >= 15 is 0 Å². The lowest BCUT2D eigenvalue weighted by atomic mass is 10.2. The first kappa shape index (κ1) is 15.6. The third kappa shape index (κ3) is 3.74. The Morgan fingerprint density at radius 1 is 1.50 bits per heavy atom. The quantitative estimate of drug-likeness (QED) is 0.614. The number of ether oxygens (including phenoxy) is 2. The summed E-state index contributed by atoms with van der Waals surface area (Å²) < 4.78 is 46.5. The lowest BCUT2D eigenvalue weighted by Gasteiger charge is -2.14. The molecular weight excluding hydrogens is 281 g/mol. The number of hydrogen-bond acceptors (Lipinski definition) is 5. The molecule has 0 aliphatic rings. The zero-order valence-electron chi connectivity index (χ0n) is 10.2. The zero-order chi connectivity index (χ0) is 15.3. The highest BCUT2D eigenvalue weighted by atomic mass is 19.4. The molecule has 0 spiro atoms. The van der Waals surface area contributed by atoms with Crippen LogP contribution >= 0.6 is 0 Å². The van der Waals surface area contributed by atoms with Gasteiger partial charge in [-0.25, -0.2) is 0 Å². The van der Waals surface area contributed by atoms with Gasteiger partial charge < -0.3 is 9.47 Å². The molecule has 0 aliphatic carbocycles. The number of nitro benzene ring substituents is 1. The molecule has 1 rings (SSSR count). The fraction of sp³-hybridized carbons (Fsp3) is 0.364. The Labute approximate surface area is 111 Å². The fourth-order valence-corrected chi connectivity index (χ4v) is 1.27. The van der Waals surface area contributed by atoms with E-state index in [1.165, 1.54) is 13.2 Å². The minimum atomic E-state index is -4.75. The molecule has 0 aromatic heterocycles. The van der Waals surface area contributed by atoms with Gasteiger partial charge in [-0.05, 0) is 12.1 Å². The van der Waals surface area contributed by atoms with Crippen LogP contribution < -0.4 is 9.47 Å². The number of halogens is 3. The van der Waals surface area contributed by atoms with E-state index in [1.807, 2.05) is 0 Å². The summed E-state index contributed by atoms with van der Waals surface area (Å²) in [6, 6.07) is 4.47. The van der Waals surface area contributed by atoms with E-state index < -0.39 is 29.3 Å². The first-order valence-corrected chi connectivity index (χ1v) is 5.21. The number of nitriles is 1. The van der Waals surface area contributed by atoms with Crippen molar-refractivity contribution in [3.8, 4) is 17.6 Å². The largest absolute Gasteiger partial charge is 0.496 e. The number of nitro groups is 1. The summed E-state index contributed by atoms with van der Waals surface area (Å²) >= 11 is 0. The van der Waals surface area contributed by atoms with Crippen LogP contribution in [0.3, 0.4) is 0 Å². The van der Waals surface area contributed by atoms with E-state index in [2.05, 4.69) is 0 Å². The van der Waals surface area contributed by atoms with Crippen LogP contribution in [0.4, 0.5) is 18.9 Å². The van der Waals surface area contributed by atoms with Gasteiger partial charge in [-0.2, -0.15) is 18.4 Å². The Balaban J connectivity index is 2.93. The van der Waals surface area contributed by atoms with E-state index in [0.29, 0.717) is 0 Å². The average Bonchev–Trinajstić information content (AvgIpc) is 2.37. The summed E-state index contributed by atoms with van der Waals surface area (Å²) in [5.41, 5.74) is -0.539. The molecule has 0 fully saturated rings. The predicted octanol–water partition coefficient (Wildman–Crippen LogP) is 2.68. The molecule has 1 unspecified atom stereocenters. The summed E-state index contributed by atoms with van der Waals surface area (Å²) in [4.78, 5) is 9.97. The molecule has 20 heavy (non-hydrogen) atoms. The van der Waals surface area contributed by atoms with Crippen molar-refractivity contribution in [3.63, 3.8) is 0 Å². The van der Waals surface area contributed by atoms with Crippen molar-refractivity contribution in [3.05, 3.63) is 28.3 Å². The zero-order valence-corrected chi connectivity index (χ0v) is 10.2. The summed E-state index contributed by atoms with van der Waals surface area (Å²) in [6.45, 7) is -1.02. The molecule has 0 bridgehead atoms. The lowest BCUT2D eigenvalue weighted by Crippen LogP contribution is -2.27. The highest BCUT2D eigenvalue weighted by Gasteiger charge is 2.40. The van der Waals surface area contributed by atoms with Crippen LogP contribution in [-0.2, 0) is 0 Å². The molecule has 0 amide bonds. The number of alkyl halides is 3. The van der Waals surface area contributed by atoms with Gasteiger partial charge in [0.05, 0.1) is 24.2 Å². The summed E-state index contributed by atoms with van der Waals surface area (Å²) in [6.07, 6.45) is -4.75. The number of benzene rings is 1. The Hall–Kier alpha value is -2.50. The minimum Gasteiger partial charge on any atom is -0.496 e. The van der Waals surface area contributed by atoms with E-state index in [0.717, 1.165) is 18.2 Å². The van der Waals surface area contributed by atoms with Crippen LogP contribution in [0.2, 0.25) is 0 Å². The highest BCUT2D eigenvalue weighted by Crippen LogP contribution is 2.33. The third-order valence-corrected chi connectivity index (χ3v) is 2.32. The van der Waals surface area contributed by atoms with E-state index in [-0.39, 0.29) is 11.5 Å². The lowest BCUT2D eigenvalue weighted by molar-refractivity contribution is -0.386. The van der Waals surface area contributed by atoms with Crippen molar-refractivity contribution in [2.75, 3.05) is 13.7 Å². The minimum absolute atomic E-state index is 0.164. The van der Waals surface area contributed by atoms with Crippen LogP contribution in [0.15, 0.2) is 18.2 Å². The Kier molecular flexibility index (Phi) is 4.74. The van der Waals surface area contributed by atoms with Crippen LogP contribution in [0.25, 0.3) is 0 Å². The van der Waals surface area contributed by atoms with Gasteiger partial charge in [-0.1, -0.05) is 0 Å². The number of nitrogens with zero attached hydrogens (tertiary/aromatic N) is 2. The first-order valence-electron chi connectivity index (χ1n) is 5.21. The first-order chi connectivity index (χ1) is 9.29. The van der Waals surface area contributed by atoms with Gasteiger partial charge >= 0.3 is 11.9 Å². The second-order valence-electron chi connectivity index (χ2n) is 3.63. The average molecular weight is 290 g/mol. The molecule has 0 saturated heterocycles. The maximum Gasteiger partial charge on any atom is 0.407 e. The monoisotopic (exact) mass is 290 g/mol. The number of methoxy groups -OCH3 is 1. The summed E-state index contributed by atoms with van der Waals surface area (Å²) in [5.74, 6) is -2.55. The van der Waals surface area contributed by atoms with Gasteiger partial charge in [0.15, 0.2) is 11.7 Å². The van der Waals surface area contributed by atoms with Gasteiger partial charge in [-0.3, -0.25) is 10.1 Å². The van der Waals surface area contributed by atoms with Gasteiger partial charge in [0, 0.05) is 0 Å². The molecule has 6 nitrogen and oxygen atoms in total. The number of hydrogen-bond donors (Lipinski definition) is 0. The van der Waals surface area contributed by atoms with Crippen LogP contribution in [0.1, 0.15) is 0 Å². The van der Waals surface area contributed by atoms with Crippen molar-refractivity contribution >= 4 is 5.69 Å². The van der Waals surface area contributed by atoms with Gasteiger partial charge in [0.1, 0.15) is 12.4 Å². The van der Waals surface area contributed by atoms with Crippen LogP contribution in [0, 0.1) is 27.4 Å². The molecule has 1 atom stereocenters. The molecule has 9 heteroatoms. The predicted molar refractivity (Wildman–Crippen MR) is 60.3 cm³/mol. The maximum absolute atomic E-state index is 12.3. The Morgan fingerprint density at radius 3 is 2.60 bits per heavy atom. The maximum atomic E-state index is 12.3. The summed E-state index contributed by atoms with van der Waals surface area (Å²) in [7, 11) is 1.29. The molecule has 0 radical (unpaired) electrons. The van der Waals surface area contributed by atoms with Gasteiger partial charge in [0.25, 0.3) is 0 Å². The van der Waals surface area contributed by atoms with Gasteiger partial charge in [0.2, 0.25) is 0 Å². The molecule has 0 saturated carbocycles. The molecule has 0 aliphatic heterocycles. The van der Waals surface area contributed by atoms with Gasteiger partial charge in [-0.15, -0.1) is 0 Å². The fourth-order valence-electron chi connectivity index (χ4n) is 1.27. The number of rotatable bonds is 5. The molecule has 0 heterocycles. The summed E-state index contributed by atoms with van der Waals surface area (Å²) in [5, 5.41) is 19.2. The van der Waals surface area contributed by atoms with Crippen molar-refractivity contribution in [1.29, 1.82) is 5.26 Å². The van der Waals surface area contributed by atoms with E-state index in [4.69, 9.17) is 14.7 Å². The Morgan fingerprint density at radius 2 is 2.15 bits per heavy atom. The van der Waals surface area contributed by atoms with E-state index in [9.17, 15) is 23.3 Å². The standard InChI is InChI=1S/C11H9F3N2O4/c1-19-8-2-3-10(9(4-8)16(17)18)20-6-7(5-15)11(12,13)14/h2-4,7H,6H2,1H3. The molecular formula is C11H9F3N2O4. The third-order valence-electron chi connectivity index (χ3n) is 2.32. The molecule has 1 aromatic rings. The highest BCUT2D eigenvalue weighted by molar-refractivity contribution is 5.50. The molecule has 1 aromatic carbocycles. The second kappa shape index (κ2) is 6.10.